The maximum absolute atomic E-state index is 11.4. The molecule has 0 aromatic carbocycles. The quantitative estimate of drug-likeness (QED) is 0.588. The average molecular weight is 207 g/mol. The van der Waals surface area contributed by atoms with Gasteiger partial charge in [0.05, 0.1) is 0 Å². The molecule has 5 nitrogen and oxygen atoms in total. The Hall–Kier alpha value is -1.88. The standard InChI is InChI=1S/C10H13N3O2/c11-6-1-2-7-12-10(15)8-4-3-5-9(14)13-8/h1-5H,6-7,11H2,(H,12,15)(H,13,14)/b2-1+. The minimum atomic E-state index is -0.311. The summed E-state index contributed by atoms with van der Waals surface area (Å²) in [6.45, 7) is 0.838. The van der Waals surface area contributed by atoms with Gasteiger partial charge in [0.2, 0.25) is 5.56 Å². The van der Waals surface area contributed by atoms with Crippen LogP contribution >= 0.6 is 0 Å². The molecule has 80 valence electrons. The zero-order chi connectivity index (χ0) is 11.1. The summed E-state index contributed by atoms with van der Waals surface area (Å²) in [7, 11) is 0. The van der Waals surface area contributed by atoms with Crippen molar-refractivity contribution in [1.82, 2.24) is 10.3 Å². The molecule has 0 aliphatic carbocycles. The van der Waals surface area contributed by atoms with Crippen molar-refractivity contribution in [3.8, 4) is 0 Å². The molecule has 0 radical (unpaired) electrons. The van der Waals surface area contributed by atoms with Crippen LogP contribution in [0.1, 0.15) is 10.5 Å². The molecule has 0 saturated heterocycles. The third-order valence-electron chi connectivity index (χ3n) is 1.70. The predicted octanol–water partition coefficient (Wildman–Crippen LogP) is -0.380. The molecule has 1 aromatic heterocycles. The zero-order valence-electron chi connectivity index (χ0n) is 8.19. The van der Waals surface area contributed by atoms with Gasteiger partial charge in [0, 0.05) is 19.2 Å². The second kappa shape index (κ2) is 5.77. The first kappa shape index (κ1) is 11.2. The van der Waals surface area contributed by atoms with Gasteiger partial charge in [-0.05, 0) is 6.07 Å². The van der Waals surface area contributed by atoms with Gasteiger partial charge in [0.25, 0.3) is 5.91 Å². The van der Waals surface area contributed by atoms with Crippen LogP contribution in [0.3, 0.4) is 0 Å². The van der Waals surface area contributed by atoms with Crippen LogP contribution in [0.5, 0.6) is 0 Å². The summed E-state index contributed by atoms with van der Waals surface area (Å²) >= 11 is 0. The van der Waals surface area contributed by atoms with E-state index in [1.807, 2.05) is 0 Å². The van der Waals surface area contributed by atoms with Gasteiger partial charge in [-0.2, -0.15) is 0 Å². The number of carbonyl (C=O) groups is 1. The molecule has 0 bridgehead atoms. The molecule has 0 fully saturated rings. The molecule has 0 aliphatic rings. The number of nitrogens with two attached hydrogens (primary N) is 1. The lowest BCUT2D eigenvalue weighted by Crippen LogP contribution is -2.26. The van der Waals surface area contributed by atoms with Crippen molar-refractivity contribution in [1.29, 1.82) is 0 Å². The maximum Gasteiger partial charge on any atom is 0.268 e. The van der Waals surface area contributed by atoms with E-state index in [2.05, 4.69) is 10.3 Å². The molecule has 0 saturated carbocycles. The van der Waals surface area contributed by atoms with Gasteiger partial charge in [-0.1, -0.05) is 18.2 Å². The van der Waals surface area contributed by atoms with Crippen LogP contribution in [-0.2, 0) is 0 Å². The molecule has 0 aliphatic heterocycles. The smallest absolute Gasteiger partial charge is 0.268 e. The molecule has 0 spiro atoms. The van der Waals surface area contributed by atoms with E-state index in [1.165, 1.54) is 12.1 Å². The monoisotopic (exact) mass is 207 g/mol. The highest BCUT2D eigenvalue weighted by Crippen LogP contribution is 1.89. The summed E-state index contributed by atoms with van der Waals surface area (Å²) < 4.78 is 0. The fourth-order valence-corrected chi connectivity index (χ4v) is 1.01. The number of amides is 1. The first-order chi connectivity index (χ1) is 7.24. The molecular formula is C10H13N3O2. The van der Waals surface area contributed by atoms with Crippen LogP contribution in [-0.4, -0.2) is 24.0 Å². The number of aromatic amines is 1. The minimum Gasteiger partial charge on any atom is -0.347 e. The fraction of sp³-hybridized carbons (Fsp3) is 0.200. The van der Waals surface area contributed by atoms with E-state index in [-0.39, 0.29) is 17.2 Å². The summed E-state index contributed by atoms with van der Waals surface area (Å²) in [6.07, 6.45) is 3.49. The van der Waals surface area contributed by atoms with Gasteiger partial charge in [-0.25, -0.2) is 0 Å². The van der Waals surface area contributed by atoms with Gasteiger partial charge in [-0.3, -0.25) is 9.59 Å². The van der Waals surface area contributed by atoms with Crippen LogP contribution in [0.15, 0.2) is 35.1 Å². The van der Waals surface area contributed by atoms with Gasteiger partial charge in [-0.15, -0.1) is 0 Å². The van der Waals surface area contributed by atoms with E-state index >= 15 is 0 Å². The number of rotatable bonds is 4. The maximum atomic E-state index is 11.4. The lowest BCUT2D eigenvalue weighted by molar-refractivity contribution is 0.0953. The lowest BCUT2D eigenvalue weighted by Gasteiger charge is -2.00. The summed E-state index contributed by atoms with van der Waals surface area (Å²) in [6, 6.07) is 4.43. The normalized spacial score (nSPS) is 10.5. The molecular weight excluding hydrogens is 194 g/mol. The van der Waals surface area contributed by atoms with Crippen molar-refractivity contribution >= 4 is 5.91 Å². The van der Waals surface area contributed by atoms with Gasteiger partial charge >= 0.3 is 0 Å². The van der Waals surface area contributed by atoms with E-state index in [0.717, 1.165) is 0 Å². The van der Waals surface area contributed by atoms with E-state index in [0.29, 0.717) is 13.1 Å². The third-order valence-corrected chi connectivity index (χ3v) is 1.70. The number of carbonyl (C=O) groups excluding carboxylic acids is 1. The van der Waals surface area contributed by atoms with E-state index in [4.69, 9.17) is 5.73 Å². The van der Waals surface area contributed by atoms with Crippen molar-refractivity contribution in [2.24, 2.45) is 5.73 Å². The van der Waals surface area contributed by atoms with Crippen molar-refractivity contribution in [3.63, 3.8) is 0 Å². The van der Waals surface area contributed by atoms with Crippen molar-refractivity contribution < 1.29 is 4.79 Å². The van der Waals surface area contributed by atoms with Crippen LogP contribution in [0.25, 0.3) is 0 Å². The number of hydrogen-bond acceptors (Lipinski definition) is 3. The van der Waals surface area contributed by atoms with Gasteiger partial charge in [0.15, 0.2) is 0 Å². The summed E-state index contributed by atoms with van der Waals surface area (Å²) in [5, 5.41) is 2.61. The third kappa shape index (κ3) is 3.78. The van der Waals surface area contributed by atoms with Crippen LogP contribution < -0.4 is 16.6 Å². The first-order valence-electron chi connectivity index (χ1n) is 4.56. The van der Waals surface area contributed by atoms with Crippen molar-refractivity contribution in [3.05, 3.63) is 46.4 Å². The Bertz CT molecular complexity index is 409. The van der Waals surface area contributed by atoms with Crippen LogP contribution in [0.2, 0.25) is 0 Å². The topological polar surface area (TPSA) is 88.0 Å². The zero-order valence-corrected chi connectivity index (χ0v) is 8.19. The Labute approximate surface area is 87.0 Å². The fourth-order valence-electron chi connectivity index (χ4n) is 1.01. The highest BCUT2D eigenvalue weighted by atomic mass is 16.2. The van der Waals surface area contributed by atoms with E-state index in [9.17, 15) is 9.59 Å². The molecule has 1 heterocycles. The second-order valence-corrected chi connectivity index (χ2v) is 2.85. The Morgan fingerprint density at radius 1 is 1.47 bits per heavy atom. The summed E-state index contributed by atoms with van der Waals surface area (Å²) in [4.78, 5) is 24.8. The second-order valence-electron chi connectivity index (χ2n) is 2.85. The number of H-pyrrole nitrogens is 1. The molecule has 1 rings (SSSR count). The number of hydrogen-bond donors (Lipinski definition) is 3. The lowest BCUT2D eigenvalue weighted by atomic mass is 10.3. The first-order valence-corrected chi connectivity index (χ1v) is 4.56. The molecule has 1 aromatic rings. The average Bonchev–Trinajstić information content (AvgIpc) is 2.24. The largest absolute Gasteiger partial charge is 0.347 e. The minimum absolute atomic E-state index is 0.253. The molecule has 4 N–H and O–H groups in total. The Kier molecular flexibility index (Phi) is 4.30. The molecule has 0 unspecified atom stereocenters. The Balaban J connectivity index is 2.54. The molecule has 1 amide bonds. The van der Waals surface area contributed by atoms with Crippen LogP contribution in [0, 0.1) is 0 Å². The Morgan fingerprint density at radius 2 is 2.27 bits per heavy atom. The number of pyridine rings is 1. The Morgan fingerprint density at radius 3 is 2.93 bits per heavy atom. The summed E-state index contributed by atoms with van der Waals surface area (Å²) in [5.74, 6) is -0.311. The van der Waals surface area contributed by atoms with E-state index < -0.39 is 0 Å². The number of aromatic nitrogens is 1. The van der Waals surface area contributed by atoms with E-state index in [1.54, 1.807) is 18.2 Å². The number of nitrogens with one attached hydrogen (secondary N) is 2. The highest BCUT2D eigenvalue weighted by molar-refractivity contribution is 5.92. The highest BCUT2D eigenvalue weighted by Gasteiger charge is 2.03. The molecule has 0 atom stereocenters. The molecule has 5 heteroatoms. The van der Waals surface area contributed by atoms with Crippen molar-refractivity contribution in [2.45, 2.75) is 0 Å². The SMILES string of the molecule is NC/C=C/CNC(=O)c1cccc(=O)[nH]1. The van der Waals surface area contributed by atoms with Gasteiger partial charge < -0.3 is 16.0 Å². The van der Waals surface area contributed by atoms with Gasteiger partial charge in [0.1, 0.15) is 5.69 Å². The predicted molar refractivity (Wildman–Crippen MR) is 57.6 cm³/mol. The summed E-state index contributed by atoms with van der Waals surface area (Å²) in [5.41, 5.74) is 5.19. The molecule has 15 heavy (non-hydrogen) atoms. The van der Waals surface area contributed by atoms with Crippen LogP contribution in [0.4, 0.5) is 0 Å². The van der Waals surface area contributed by atoms with Crippen molar-refractivity contribution in [2.75, 3.05) is 13.1 Å².